The zero-order valence-electron chi connectivity index (χ0n) is 16.6. The van der Waals surface area contributed by atoms with Gasteiger partial charge in [-0.05, 0) is 85.8 Å². The molecule has 166 valence electrons. The van der Waals surface area contributed by atoms with Crippen LogP contribution >= 0.6 is 44.3 Å². The van der Waals surface area contributed by atoms with E-state index in [1.165, 1.54) is 12.1 Å². The van der Waals surface area contributed by atoms with E-state index in [-0.39, 0.29) is 17.3 Å². The molecule has 0 radical (unpaired) electrons. The van der Waals surface area contributed by atoms with Gasteiger partial charge in [-0.2, -0.15) is 0 Å². The molecule has 0 atom stereocenters. The van der Waals surface area contributed by atoms with Crippen molar-refractivity contribution >= 4 is 54.3 Å². The number of nitrogens with two attached hydrogens (primary N) is 1. The van der Waals surface area contributed by atoms with E-state index < -0.39 is 10.0 Å². The summed E-state index contributed by atoms with van der Waals surface area (Å²) in [7, 11) is -3.65. The first kappa shape index (κ1) is 25.8. The Balaban J connectivity index is 0.00000341. The number of ether oxygens (including phenoxy) is 1. The van der Waals surface area contributed by atoms with Gasteiger partial charge in [-0.25, -0.2) is 13.6 Å². The van der Waals surface area contributed by atoms with Crippen molar-refractivity contribution in [1.82, 2.24) is 5.32 Å². The van der Waals surface area contributed by atoms with Crippen molar-refractivity contribution < 1.29 is 13.2 Å². The highest BCUT2D eigenvalue weighted by Gasteiger charge is 2.10. The lowest BCUT2D eigenvalue weighted by atomic mass is 10.1. The average Bonchev–Trinajstić information content (AvgIpc) is 2.71. The number of hydrogen-bond acceptors (Lipinski definition) is 4. The van der Waals surface area contributed by atoms with Gasteiger partial charge in [-0.1, -0.05) is 42.5 Å². The van der Waals surface area contributed by atoms with E-state index in [4.69, 9.17) is 9.88 Å². The fourth-order valence-electron chi connectivity index (χ4n) is 2.89. The summed E-state index contributed by atoms with van der Waals surface area (Å²) in [4.78, 5) is 0.128. The van der Waals surface area contributed by atoms with E-state index in [1.54, 1.807) is 12.1 Å². The van der Waals surface area contributed by atoms with Crippen LogP contribution in [0.3, 0.4) is 0 Å². The lowest BCUT2D eigenvalue weighted by Gasteiger charge is -2.13. The van der Waals surface area contributed by atoms with E-state index in [1.807, 2.05) is 42.5 Å². The predicted molar refractivity (Wildman–Crippen MR) is 133 cm³/mol. The van der Waals surface area contributed by atoms with Crippen molar-refractivity contribution in [1.29, 1.82) is 0 Å². The van der Waals surface area contributed by atoms with Crippen LogP contribution in [0.5, 0.6) is 5.75 Å². The number of primary sulfonamides is 1. The monoisotopic (exact) mass is 588 g/mol. The Hall–Kier alpha value is -1.42. The fourth-order valence-corrected chi connectivity index (χ4v) is 4.92. The Labute approximate surface area is 206 Å². The number of nitrogens with one attached hydrogen (secondary N) is 1. The summed E-state index contributed by atoms with van der Waals surface area (Å²) in [5, 5.41) is 8.52. The number of halogens is 3. The molecule has 3 rings (SSSR count). The first-order valence-corrected chi connectivity index (χ1v) is 12.4. The molecule has 31 heavy (non-hydrogen) atoms. The minimum atomic E-state index is -3.65. The molecular weight excluding hydrogens is 568 g/mol. The highest BCUT2D eigenvalue weighted by atomic mass is 79.9. The molecule has 0 aliphatic carbocycles. The van der Waals surface area contributed by atoms with Gasteiger partial charge in [0.25, 0.3) is 0 Å². The maximum absolute atomic E-state index is 11.3. The maximum Gasteiger partial charge on any atom is 0.238 e. The quantitative estimate of drug-likeness (QED) is 0.336. The summed E-state index contributed by atoms with van der Waals surface area (Å²) in [5.74, 6) is 0.776. The third-order valence-electron chi connectivity index (χ3n) is 4.46. The Morgan fingerprint density at radius 1 is 0.871 bits per heavy atom. The number of sulfonamides is 1. The number of benzene rings is 3. The first-order chi connectivity index (χ1) is 14.3. The molecule has 9 heteroatoms. The third-order valence-corrected chi connectivity index (χ3v) is 6.56. The molecule has 0 spiro atoms. The number of hydrogen-bond donors (Lipinski definition) is 2. The average molecular weight is 591 g/mol. The lowest BCUT2D eigenvalue weighted by molar-refractivity contribution is 0.302. The Morgan fingerprint density at radius 3 is 2.06 bits per heavy atom. The van der Waals surface area contributed by atoms with Gasteiger partial charge in [0.15, 0.2) is 0 Å². The molecule has 3 N–H and O–H groups in total. The summed E-state index contributed by atoms with van der Waals surface area (Å²) in [6.07, 6.45) is 0.783. The summed E-state index contributed by atoms with van der Waals surface area (Å²) in [6, 6.07) is 20.7. The van der Waals surface area contributed by atoms with Crippen LogP contribution in [0.2, 0.25) is 0 Å². The van der Waals surface area contributed by atoms with Crippen LogP contribution in [0.15, 0.2) is 80.6 Å². The van der Waals surface area contributed by atoms with Crippen LogP contribution in [0, 0.1) is 0 Å². The van der Waals surface area contributed by atoms with Crippen molar-refractivity contribution in [2.24, 2.45) is 5.14 Å². The minimum Gasteiger partial charge on any atom is -0.487 e. The van der Waals surface area contributed by atoms with Gasteiger partial charge in [0.1, 0.15) is 12.4 Å². The molecular formula is C22H23Br2ClN2O3S. The van der Waals surface area contributed by atoms with E-state index in [0.717, 1.165) is 44.4 Å². The molecule has 0 saturated carbocycles. The van der Waals surface area contributed by atoms with E-state index in [2.05, 4.69) is 37.2 Å². The normalized spacial score (nSPS) is 11.1. The van der Waals surface area contributed by atoms with Crippen LogP contribution in [0.1, 0.15) is 16.7 Å². The molecule has 0 fully saturated rings. The van der Waals surface area contributed by atoms with E-state index in [9.17, 15) is 8.42 Å². The lowest BCUT2D eigenvalue weighted by Crippen LogP contribution is -2.17. The van der Waals surface area contributed by atoms with E-state index >= 15 is 0 Å². The SMILES string of the molecule is Cl.NS(=O)(=O)c1ccc(CCNCc2cc(Br)c(OCc3ccccc3)c(Br)c2)cc1. The molecule has 0 unspecified atom stereocenters. The van der Waals surface area contributed by atoms with Crippen molar-refractivity contribution in [3.63, 3.8) is 0 Å². The van der Waals surface area contributed by atoms with Gasteiger partial charge in [0.05, 0.1) is 13.8 Å². The number of rotatable bonds is 9. The van der Waals surface area contributed by atoms with Crippen LogP contribution < -0.4 is 15.2 Å². The molecule has 0 saturated heterocycles. The van der Waals surface area contributed by atoms with Gasteiger partial charge < -0.3 is 10.1 Å². The zero-order chi connectivity index (χ0) is 21.6. The Bertz CT molecular complexity index is 1070. The second kappa shape index (κ2) is 12.0. The molecule has 3 aromatic carbocycles. The zero-order valence-corrected chi connectivity index (χ0v) is 21.4. The topological polar surface area (TPSA) is 81.4 Å². The Morgan fingerprint density at radius 2 is 1.48 bits per heavy atom. The van der Waals surface area contributed by atoms with Gasteiger partial charge in [-0.3, -0.25) is 0 Å². The maximum atomic E-state index is 11.3. The van der Waals surface area contributed by atoms with Crippen molar-refractivity contribution in [2.45, 2.75) is 24.5 Å². The second-order valence-corrected chi connectivity index (χ2v) is 10.0. The summed E-state index contributed by atoms with van der Waals surface area (Å²) in [5.41, 5.74) is 3.27. The van der Waals surface area contributed by atoms with Crippen molar-refractivity contribution in [3.8, 4) is 5.75 Å². The predicted octanol–water partition coefficient (Wildman–Crippen LogP) is 5.19. The van der Waals surface area contributed by atoms with Gasteiger partial charge in [0, 0.05) is 6.54 Å². The smallest absolute Gasteiger partial charge is 0.238 e. The highest BCUT2D eigenvalue weighted by molar-refractivity contribution is 9.11. The van der Waals surface area contributed by atoms with Gasteiger partial charge >= 0.3 is 0 Å². The van der Waals surface area contributed by atoms with Crippen molar-refractivity contribution in [2.75, 3.05) is 6.54 Å². The largest absolute Gasteiger partial charge is 0.487 e. The molecule has 0 amide bonds. The van der Waals surface area contributed by atoms with Gasteiger partial charge in [-0.15, -0.1) is 12.4 Å². The van der Waals surface area contributed by atoms with Crippen LogP contribution in [0.25, 0.3) is 0 Å². The molecule has 5 nitrogen and oxygen atoms in total. The third kappa shape index (κ3) is 7.89. The molecule has 0 bridgehead atoms. The highest BCUT2D eigenvalue weighted by Crippen LogP contribution is 2.35. The summed E-state index contributed by atoms with van der Waals surface area (Å²) in [6.45, 7) is 1.96. The second-order valence-electron chi connectivity index (χ2n) is 6.78. The minimum absolute atomic E-state index is 0. The first-order valence-electron chi connectivity index (χ1n) is 9.30. The molecule has 3 aromatic rings. The Kier molecular flexibility index (Phi) is 9.99. The fraction of sp³-hybridized carbons (Fsp3) is 0.182. The molecule has 0 heterocycles. The van der Waals surface area contributed by atoms with Gasteiger partial charge in [0.2, 0.25) is 10.0 Å². The summed E-state index contributed by atoms with van der Waals surface area (Å²) >= 11 is 7.20. The molecule has 0 aliphatic rings. The van der Waals surface area contributed by atoms with Crippen LogP contribution in [-0.4, -0.2) is 15.0 Å². The molecule has 0 aromatic heterocycles. The standard InChI is InChI=1S/C22H22Br2N2O3S.ClH/c23-20-12-18(13-21(24)22(20)29-15-17-4-2-1-3-5-17)14-26-11-10-16-6-8-19(9-7-16)30(25,27)28;/h1-9,12-13,26H,10-11,14-15H2,(H2,25,27,28);1H. The van der Waals surface area contributed by atoms with Crippen LogP contribution in [0.4, 0.5) is 0 Å². The van der Waals surface area contributed by atoms with Crippen LogP contribution in [-0.2, 0) is 29.6 Å². The molecule has 0 aliphatic heterocycles. The van der Waals surface area contributed by atoms with E-state index in [0.29, 0.717) is 13.2 Å². The summed E-state index contributed by atoms with van der Waals surface area (Å²) < 4.78 is 30.3. The van der Waals surface area contributed by atoms with Crippen molar-refractivity contribution in [3.05, 3.63) is 92.4 Å².